The number of allylic oxidation sites excluding steroid dienone is 1. The summed E-state index contributed by atoms with van der Waals surface area (Å²) in [5, 5.41) is 0. The van der Waals surface area contributed by atoms with Crippen LogP contribution in [0.25, 0.3) is 11.1 Å². The van der Waals surface area contributed by atoms with Crippen molar-refractivity contribution in [2.75, 3.05) is 19.6 Å². The van der Waals surface area contributed by atoms with Gasteiger partial charge in [-0.05, 0) is 78.1 Å². The van der Waals surface area contributed by atoms with Crippen LogP contribution in [0.5, 0.6) is 0 Å². The fraction of sp³-hybridized carbons (Fsp3) is 0.184. The largest absolute Gasteiger partial charge is 0.417 e. The maximum Gasteiger partial charge on any atom is 0.417 e. The van der Waals surface area contributed by atoms with E-state index in [1.165, 1.54) is 17.2 Å². The SMILES string of the molecule is CC1N(c2ccccc2)c2nccnc2N1c1cc(-c2ccccc2C(F)(F)F)ccc1C/C=C1/C2(C)c3ccccc3N3c4nccnc4N(c4ccccc4)C3C12C. The number of nitrogens with zero attached hydrogens (tertiary/aromatic N) is 8. The molecule has 11 rings (SSSR count). The van der Waals surface area contributed by atoms with Gasteiger partial charge in [-0.1, -0.05) is 110 Å². The molecule has 296 valence electrons. The standard InChI is InChI=1S/C49H39F3N8/c1-31-57(34-14-6-4-7-15-34)42-43(54-27-26-53-42)58(31)40-30-33(36-18-10-11-19-37(36)49(50,51)52)23-22-32(40)24-25-41-47(2)38-20-12-13-21-39(38)60-45-44(55-28-29-56-45)59(46(60)48(41,47)3)35-16-8-5-9-17-35/h4-23,25-31,46H,24H2,1-3H3/b41-25-. The number of alkyl halides is 3. The number of benzene rings is 5. The lowest BCUT2D eigenvalue weighted by molar-refractivity contribution is -0.137. The van der Waals surface area contributed by atoms with Crippen LogP contribution in [0.4, 0.5) is 59.2 Å². The van der Waals surface area contributed by atoms with Gasteiger partial charge >= 0.3 is 6.18 Å². The van der Waals surface area contributed by atoms with Crippen LogP contribution in [0, 0.1) is 5.41 Å². The molecule has 0 bridgehead atoms. The molecule has 0 N–H and O–H groups in total. The van der Waals surface area contributed by atoms with Gasteiger partial charge in [-0.2, -0.15) is 13.2 Å². The molecule has 0 spiro atoms. The Morgan fingerprint density at radius 2 is 1.15 bits per heavy atom. The van der Waals surface area contributed by atoms with Gasteiger partial charge in [0.25, 0.3) is 0 Å². The van der Waals surface area contributed by atoms with Gasteiger partial charge in [-0.3, -0.25) is 0 Å². The highest BCUT2D eigenvalue weighted by atomic mass is 19.4. The van der Waals surface area contributed by atoms with E-state index >= 15 is 0 Å². The molecule has 60 heavy (non-hydrogen) atoms. The fourth-order valence-corrected chi connectivity index (χ4v) is 10.4. The summed E-state index contributed by atoms with van der Waals surface area (Å²) < 4.78 is 43.5. The average molecular weight is 797 g/mol. The van der Waals surface area contributed by atoms with E-state index in [0.29, 0.717) is 23.6 Å². The van der Waals surface area contributed by atoms with Crippen molar-refractivity contribution in [2.45, 2.75) is 51.1 Å². The van der Waals surface area contributed by atoms with Crippen molar-refractivity contribution >= 4 is 46.0 Å². The predicted molar refractivity (Wildman–Crippen MR) is 229 cm³/mol. The minimum atomic E-state index is -4.53. The second kappa shape index (κ2) is 13.0. The van der Waals surface area contributed by atoms with Gasteiger partial charge in [-0.25, -0.2) is 19.9 Å². The molecular formula is C49H39F3N8. The summed E-state index contributed by atoms with van der Waals surface area (Å²) in [6.45, 7) is 6.76. The fourth-order valence-electron chi connectivity index (χ4n) is 10.4. The molecule has 8 nitrogen and oxygen atoms in total. The molecule has 1 fully saturated rings. The monoisotopic (exact) mass is 796 g/mol. The summed E-state index contributed by atoms with van der Waals surface area (Å²) in [6.07, 6.45) is 4.72. The lowest BCUT2D eigenvalue weighted by atomic mass is 9.81. The maximum absolute atomic E-state index is 14.5. The number of fused-ring (bicyclic) bond motifs is 9. The second-order valence-corrected chi connectivity index (χ2v) is 16.1. The van der Waals surface area contributed by atoms with E-state index in [1.54, 1.807) is 36.9 Å². The number of halogens is 3. The lowest BCUT2D eigenvalue weighted by Gasteiger charge is -2.43. The number of aromatic nitrogens is 4. The van der Waals surface area contributed by atoms with Crippen molar-refractivity contribution in [3.05, 3.63) is 181 Å². The quantitative estimate of drug-likeness (QED) is 0.154. The van der Waals surface area contributed by atoms with E-state index in [1.807, 2.05) is 54.6 Å². The first-order chi connectivity index (χ1) is 29.1. The Balaban J connectivity index is 1.07. The van der Waals surface area contributed by atoms with E-state index in [2.05, 4.69) is 95.0 Å². The number of para-hydroxylation sites is 3. The first-order valence-electron chi connectivity index (χ1n) is 20.1. The van der Waals surface area contributed by atoms with Crippen LogP contribution >= 0.6 is 0 Å². The minimum absolute atomic E-state index is 0.122. The third-order valence-electron chi connectivity index (χ3n) is 13.2. The molecule has 0 amide bonds. The molecule has 1 aliphatic carbocycles. The highest BCUT2D eigenvalue weighted by molar-refractivity contribution is 5.91. The minimum Gasteiger partial charge on any atom is -0.302 e. The van der Waals surface area contributed by atoms with E-state index in [-0.39, 0.29) is 28.7 Å². The third-order valence-corrected chi connectivity index (χ3v) is 13.2. The maximum atomic E-state index is 14.5. The highest BCUT2D eigenvalue weighted by Gasteiger charge is 2.77. The van der Waals surface area contributed by atoms with Gasteiger partial charge < -0.3 is 19.6 Å². The summed E-state index contributed by atoms with van der Waals surface area (Å²) in [7, 11) is 0. The van der Waals surface area contributed by atoms with E-state index < -0.39 is 11.7 Å². The molecule has 4 aliphatic rings. The Labute approximate surface area is 345 Å². The Bertz CT molecular complexity index is 2850. The van der Waals surface area contributed by atoms with Crippen LogP contribution in [0.3, 0.4) is 0 Å². The summed E-state index contributed by atoms with van der Waals surface area (Å²) in [4.78, 5) is 28.4. The van der Waals surface area contributed by atoms with Crippen molar-refractivity contribution < 1.29 is 13.2 Å². The summed E-state index contributed by atoms with van der Waals surface area (Å²) in [6, 6.07) is 40.4. The third kappa shape index (κ3) is 4.98. The molecule has 5 aromatic carbocycles. The average Bonchev–Trinajstić information content (AvgIpc) is 3.48. The summed E-state index contributed by atoms with van der Waals surface area (Å²) in [5.41, 5.74) is 6.48. The number of anilines is 8. The molecule has 0 radical (unpaired) electrons. The summed E-state index contributed by atoms with van der Waals surface area (Å²) >= 11 is 0. The van der Waals surface area contributed by atoms with Crippen LogP contribution in [0.1, 0.15) is 37.5 Å². The van der Waals surface area contributed by atoms with E-state index in [4.69, 9.17) is 19.9 Å². The van der Waals surface area contributed by atoms with Crippen molar-refractivity contribution in [2.24, 2.45) is 5.41 Å². The van der Waals surface area contributed by atoms with Gasteiger partial charge in [-0.15, -0.1) is 0 Å². The van der Waals surface area contributed by atoms with Gasteiger partial charge in [0.15, 0.2) is 23.3 Å². The van der Waals surface area contributed by atoms with E-state index in [9.17, 15) is 13.2 Å². The van der Waals surface area contributed by atoms with Crippen LogP contribution in [-0.2, 0) is 18.0 Å². The van der Waals surface area contributed by atoms with Crippen molar-refractivity contribution in [1.82, 2.24) is 19.9 Å². The molecule has 4 atom stereocenters. The van der Waals surface area contributed by atoms with Gasteiger partial charge in [0.2, 0.25) is 0 Å². The Morgan fingerprint density at radius 3 is 1.82 bits per heavy atom. The Morgan fingerprint density at radius 1 is 0.600 bits per heavy atom. The second-order valence-electron chi connectivity index (χ2n) is 16.1. The van der Waals surface area contributed by atoms with Gasteiger partial charge in [0.1, 0.15) is 12.3 Å². The highest BCUT2D eigenvalue weighted by Crippen LogP contribution is 2.78. The topological polar surface area (TPSA) is 64.5 Å². The molecule has 1 saturated carbocycles. The van der Waals surface area contributed by atoms with Crippen molar-refractivity contribution in [3.8, 4) is 11.1 Å². The molecule has 4 unspecified atom stereocenters. The zero-order valence-electron chi connectivity index (χ0n) is 33.1. The molecule has 0 saturated heterocycles. The molecule has 7 aromatic rings. The van der Waals surface area contributed by atoms with Crippen LogP contribution < -0.4 is 19.6 Å². The normalized spacial score (nSPS) is 22.9. The molecule has 11 heteroatoms. The van der Waals surface area contributed by atoms with Crippen molar-refractivity contribution in [1.29, 1.82) is 0 Å². The Hall–Kier alpha value is -7.01. The number of hydrogen-bond acceptors (Lipinski definition) is 8. The summed E-state index contributed by atoms with van der Waals surface area (Å²) in [5.74, 6) is 2.93. The molecule has 5 heterocycles. The van der Waals surface area contributed by atoms with Gasteiger partial charge in [0.05, 0.1) is 5.56 Å². The number of hydrogen-bond donors (Lipinski definition) is 0. The Kier molecular flexibility index (Phi) is 7.82. The van der Waals surface area contributed by atoms with Gasteiger partial charge in [0, 0.05) is 58.4 Å². The number of rotatable bonds is 6. The van der Waals surface area contributed by atoms with E-state index in [0.717, 1.165) is 46.0 Å². The molecule has 2 aromatic heterocycles. The first-order valence-corrected chi connectivity index (χ1v) is 20.1. The lowest BCUT2D eigenvalue weighted by Crippen LogP contribution is -2.50. The predicted octanol–water partition coefficient (Wildman–Crippen LogP) is 11.7. The molecule has 3 aliphatic heterocycles. The molecular weight excluding hydrogens is 758 g/mol. The van der Waals surface area contributed by atoms with Crippen LogP contribution in [0.2, 0.25) is 0 Å². The van der Waals surface area contributed by atoms with Crippen LogP contribution in [-0.4, -0.2) is 32.3 Å². The van der Waals surface area contributed by atoms with Crippen molar-refractivity contribution in [3.63, 3.8) is 0 Å². The zero-order chi connectivity index (χ0) is 41.0. The zero-order valence-corrected chi connectivity index (χ0v) is 33.1. The van der Waals surface area contributed by atoms with Crippen LogP contribution in [0.15, 0.2) is 164 Å². The smallest absolute Gasteiger partial charge is 0.302 e. The first kappa shape index (κ1) is 36.1.